The van der Waals surface area contributed by atoms with Gasteiger partial charge in [-0.1, -0.05) is 6.92 Å². The van der Waals surface area contributed by atoms with Crippen molar-refractivity contribution in [3.63, 3.8) is 0 Å². The minimum atomic E-state index is -3.01. The van der Waals surface area contributed by atoms with Gasteiger partial charge in [-0.2, -0.15) is 5.10 Å². The molecule has 1 rings (SSSR count). The molecule has 0 aliphatic carbocycles. The van der Waals surface area contributed by atoms with E-state index in [-0.39, 0.29) is 11.3 Å². The molecule has 0 bridgehead atoms. The average molecular weight is 287 g/mol. The third-order valence-electron chi connectivity index (χ3n) is 3.40. The maximum absolute atomic E-state index is 11.7. The fourth-order valence-corrected chi connectivity index (χ4v) is 2.88. The molecule has 0 radical (unpaired) electrons. The summed E-state index contributed by atoms with van der Waals surface area (Å²) in [4.78, 5) is 0. The molecular formula is C13H25N3O2S. The highest BCUT2D eigenvalue weighted by atomic mass is 32.2. The first-order valence-electron chi connectivity index (χ1n) is 6.74. The summed E-state index contributed by atoms with van der Waals surface area (Å²) in [5.41, 5.74) is 1.14. The van der Waals surface area contributed by atoms with Crippen LogP contribution >= 0.6 is 0 Å². The van der Waals surface area contributed by atoms with E-state index < -0.39 is 9.84 Å². The first kappa shape index (κ1) is 16.2. The zero-order valence-electron chi connectivity index (χ0n) is 12.3. The molecule has 0 saturated carbocycles. The van der Waals surface area contributed by atoms with Crippen LogP contribution in [-0.4, -0.2) is 42.3 Å². The van der Waals surface area contributed by atoms with E-state index in [1.165, 1.54) is 6.26 Å². The summed E-state index contributed by atoms with van der Waals surface area (Å²) in [6, 6.07) is -0.00449. The molecule has 0 spiro atoms. The SMILES string of the molecule is CCCNC(CCc1cnn(C)c1)C(C)S(C)(=O)=O. The van der Waals surface area contributed by atoms with Gasteiger partial charge in [-0.05, 0) is 38.3 Å². The number of hydrogen-bond acceptors (Lipinski definition) is 4. The molecular weight excluding hydrogens is 262 g/mol. The fourth-order valence-electron chi connectivity index (χ4n) is 2.05. The van der Waals surface area contributed by atoms with Gasteiger partial charge < -0.3 is 5.32 Å². The van der Waals surface area contributed by atoms with Crippen LogP contribution in [0.2, 0.25) is 0 Å². The Hall–Kier alpha value is -0.880. The van der Waals surface area contributed by atoms with Crippen molar-refractivity contribution in [1.29, 1.82) is 0 Å². The highest BCUT2D eigenvalue weighted by Gasteiger charge is 2.25. The lowest BCUT2D eigenvalue weighted by molar-refractivity contribution is 0.459. The van der Waals surface area contributed by atoms with E-state index in [9.17, 15) is 8.42 Å². The number of nitrogens with one attached hydrogen (secondary N) is 1. The standard InChI is InChI=1S/C13H25N3O2S/c1-5-8-14-13(11(2)19(4,17)18)7-6-12-9-15-16(3)10-12/h9-11,13-14H,5-8H2,1-4H3. The Kier molecular flexibility index (Phi) is 6.00. The van der Waals surface area contributed by atoms with Gasteiger partial charge in [0.15, 0.2) is 9.84 Å². The third-order valence-corrected chi connectivity index (χ3v) is 5.08. The lowest BCUT2D eigenvalue weighted by Crippen LogP contribution is -2.42. The van der Waals surface area contributed by atoms with Crippen molar-refractivity contribution in [3.05, 3.63) is 18.0 Å². The monoisotopic (exact) mass is 287 g/mol. The molecule has 0 aliphatic heterocycles. The van der Waals surface area contributed by atoms with E-state index in [1.807, 2.05) is 19.4 Å². The molecule has 1 N–H and O–H groups in total. The van der Waals surface area contributed by atoms with E-state index in [0.717, 1.165) is 31.4 Å². The highest BCUT2D eigenvalue weighted by molar-refractivity contribution is 7.91. The van der Waals surface area contributed by atoms with Gasteiger partial charge in [-0.15, -0.1) is 0 Å². The number of nitrogens with zero attached hydrogens (tertiary/aromatic N) is 2. The molecule has 0 fully saturated rings. The van der Waals surface area contributed by atoms with Crippen LogP contribution in [0.4, 0.5) is 0 Å². The molecule has 1 aromatic heterocycles. The second-order valence-electron chi connectivity index (χ2n) is 5.16. The van der Waals surface area contributed by atoms with Crippen molar-refractivity contribution in [2.24, 2.45) is 7.05 Å². The van der Waals surface area contributed by atoms with Crippen LogP contribution < -0.4 is 5.32 Å². The topological polar surface area (TPSA) is 64.0 Å². The van der Waals surface area contributed by atoms with E-state index in [2.05, 4.69) is 17.3 Å². The second kappa shape index (κ2) is 7.05. The highest BCUT2D eigenvalue weighted by Crippen LogP contribution is 2.12. The Morgan fingerprint density at radius 3 is 2.63 bits per heavy atom. The van der Waals surface area contributed by atoms with Crippen LogP contribution in [0, 0.1) is 0 Å². The predicted molar refractivity (Wildman–Crippen MR) is 77.9 cm³/mol. The number of aryl methyl sites for hydroxylation is 2. The normalized spacial score (nSPS) is 15.4. The van der Waals surface area contributed by atoms with Crippen LogP contribution in [0.3, 0.4) is 0 Å². The molecule has 1 heterocycles. The summed E-state index contributed by atoms with van der Waals surface area (Å²) in [7, 11) is -1.13. The van der Waals surface area contributed by atoms with Crippen LogP contribution in [-0.2, 0) is 23.3 Å². The Balaban J connectivity index is 2.64. The Labute approximate surface area is 116 Å². The number of aromatic nitrogens is 2. The van der Waals surface area contributed by atoms with Crippen LogP contribution in [0.25, 0.3) is 0 Å². The first-order chi connectivity index (χ1) is 8.84. The summed E-state index contributed by atoms with van der Waals surface area (Å²) in [6.07, 6.45) is 7.77. The van der Waals surface area contributed by atoms with E-state index in [4.69, 9.17) is 0 Å². The molecule has 2 unspecified atom stereocenters. The summed E-state index contributed by atoms with van der Waals surface area (Å²) in [5, 5.41) is 7.11. The number of hydrogen-bond donors (Lipinski definition) is 1. The Bertz CT molecular complexity index is 482. The molecule has 6 heteroatoms. The smallest absolute Gasteiger partial charge is 0.151 e. The largest absolute Gasteiger partial charge is 0.313 e. The predicted octanol–water partition coefficient (Wildman–Crippen LogP) is 1.15. The van der Waals surface area contributed by atoms with E-state index in [0.29, 0.717) is 0 Å². The van der Waals surface area contributed by atoms with Crippen LogP contribution in [0.1, 0.15) is 32.3 Å². The summed E-state index contributed by atoms with van der Waals surface area (Å²) >= 11 is 0. The lowest BCUT2D eigenvalue weighted by Gasteiger charge is -2.23. The van der Waals surface area contributed by atoms with Crippen molar-refractivity contribution in [3.8, 4) is 0 Å². The van der Waals surface area contributed by atoms with Gasteiger partial charge in [0.05, 0.1) is 11.4 Å². The van der Waals surface area contributed by atoms with Gasteiger partial charge in [-0.3, -0.25) is 4.68 Å². The van der Waals surface area contributed by atoms with Gasteiger partial charge in [0.2, 0.25) is 0 Å². The zero-order valence-corrected chi connectivity index (χ0v) is 13.1. The molecule has 0 amide bonds. The molecule has 1 aromatic rings. The van der Waals surface area contributed by atoms with Gasteiger partial charge in [0.25, 0.3) is 0 Å². The molecule has 110 valence electrons. The first-order valence-corrected chi connectivity index (χ1v) is 8.69. The molecule has 2 atom stereocenters. The van der Waals surface area contributed by atoms with Crippen molar-refractivity contribution < 1.29 is 8.42 Å². The van der Waals surface area contributed by atoms with Crippen LogP contribution in [0.5, 0.6) is 0 Å². The fraction of sp³-hybridized carbons (Fsp3) is 0.769. The maximum atomic E-state index is 11.7. The van der Waals surface area contributed by atoms with Crippen molar-refractivity contribution >= 4 is 9.84 Å². The van der Waals surface area contributed by atoms with Gasteiger partial charge >= 0.3 is 0 Å². The lowest BCUT2D eigenvalue weighted by atomic mass is 10.1. The quantitative estimate of drug-likeness (QED) is 0.779. The van der Waals surface area contributed by atoms with Crippen molar-refractivity contribution in [2.75, 3.05) is 12.8 Å². The van der Waals surface area contributed by atoms with Crippen LogP contribution in [0.15, 0.2) is 12.4 Å². The maximum Gasteiger partial charge on any atom is 0.151 e. The minimum absolute atomic E-state index is 0.00449. The van der Waals surface area contributed by atoms with Gasteiger partial charge in [-0.25, -0.2) is 8.42 Å². The summed E-state index contributed by atoms with van der Waals surface area (Å²) in [5.74, 6) is 0. The number of sulfone groups is 1. The second-order valence-corrected chi connectivity index (χ2v) is 7.56. The molecule has 19 heavy (non-hydrogen) atoms. The van der Waals surface area contributed by atoms with E-state index in [1.54, 1.807) is 11.6 Å². The molecule has 0 aliphatic rings. The Morgan fingerprint density at radius 1 is 1.47 bits per heavy atom. The third kappa shape index (κ3) is 5.32. The molecule has 0 aromatic carbocycles. The summed E-state index contributed by atoms with van der Waals surface area (Å²) in [6.45, 7) is 4.71. The van der Waals surface area contributed by atoms with E-state index >= 15 is 0 Å². The Morgan fingerprint density at radius 2 is 2.16 bits per heavy atom. The average Bonchev–Trinajstić information content (AvgIpc) is 2.73. The van der Waals surface area contributed by atoms with Gasteiger partial charge in [0.1, 0.15) is 0 Å². The zero-order chi connectivity index (χ0) is 14.5. The van der Waals surface area contributed by atoms with Gasteiger partial charge in [0, 0.05) is 25.5 Å². The molecule has 0 saturated heterocycles. The van der Waals surface area contributed by atoms with Crippen molar-refractivity contribution in [2.45, 2.75) is 44.4 Å². The summed E-state index contributed by atoms with van der Waals surface area (Å²) < 4.78 is 25.2. The minimum Gasteiger partial charge on any atom is -0.313 e. The number of rotatable bonds is 8. The van der Waals surface area contributed by atoms with Crippen molar-refractivity contribution in [1.82, 2.24) is 15.1 Å². The molecule has 5 nitrogen and oxygen atoms in total.